The highest BCUT2D eigenvalue weighted by Gasteiger charge is 2.31. The summed E-state index contributed by atoms with van der Waals surface area (Å²) in [6, 6.07) is 8.43. The van der Waals surface area contributed by atoms with Crippen molar-refractivity contribution in [3.63, 3.8) is 0 Å². The normalized spacial score (nSPS) is 13.8. The molecule has 2 aromatic rings. The summed E-state index contributed by atoms with van der Waals surface area (Å²) in [5.74, 6) is -5.69. The van der Waals surface area contributed by atoms with Crippen LogP contribution < -0.4 is 21.7 Å². The van der Waals surface area contributed by atoms with Crippen LogP contribution in [0.1, 0.15) is 17.5 Å². The Morgan fingerprint density at radius 3 is 1.76 bits per heavy atom. The van der Waals surface area contributed by atoms with E-state index in [2.05, 4.69) is 16.0 Å². The fraction of sp³-hybridized carbons (Fsp3) is 0.320. The molecule has 0 aliphatic carbocycles. The Bertz CT molecular complexity index is 1130. The van der Waals surface area contributed by atoms with Gasteiger partial charge in [0.15, 0.2) is 0 Å². The van der Waals surface area contributed by atoms with Gasteiger partial charge in [0.2, 0.25) is 17.7 Å². The number of phenolic OH excluding ortho intramolecular Hbond substituents is 1. The first-order valence-corrected chi connectivity index (χ1v) is 11.5. The number of phenols is 1. The number of aromatic hydroxyl groups is 1. The molecule has 0 fully saturated rings. The smallest absolute Gasteiger partial charge is 0.326 e. The van der Waals surface area contributed by atoms with E-state index in [1.54, 1.807) is 30.3 Å². The maximum atomic E-state index is 13.2. The molecule has 0 radical (unpaired) electrons. The summed E-state index contributed by atoms with van der Waals surface area (Å²) < 4.78 is 0. The van der Waals surface area contributed by atoms with Crippen LogP contribution in [0, 0.1) is 0 Å². The van der Waals surface area contributed by atoms with Gasteiger partial charge in [0.05, 0.1) is 13.0 Å². The standard InChI is InChI=1S/C25H30N4O9/c26-17(13-30)22(34)27-19(12-21(32)33)24(36)28-18(10-15-6-8-16(31)9-7-15)23(35)29-20(25(37)38)11-14-4-2-1-3-5-14/h1-9,17-20,30-31H,10-13,26H2,(H,27,34)(H,28,36)(H,29,35)(H,32,33)(H,37,38). The number of aliphatic hydroxyl groups is 1. The first kappa shape index (κ1) is 29.7. The third-order valence-corrected chi connectivity index (χ3v) is 5.45. The minimum atomic E-state index is -1.65. The number of hydrogen-bond acceptors (Lipinski definition) is 8. The molecule has 4 atom stereocenters. The first-order chi connectivity index (χ1) is 18.0. The van der Waals surface area contributed by atoms with E-state index in [9.17, 15) is 39.3 Å². The van der Waals surface area contributed by atoms with Crippen LogP contribution in [0.5, 0.6) is 5.75 Å². The van der Waals surface area contributed by atoms with Gasteiger partial charge in [-0.05, 0) is 23.3 Å². The lowest BCUT2D eigenvalue weighted by molar-refractivity contribution is -0.143. The van der Waals surface area contributed by atoms with Gasteiger partial charge < -0.3 is 42.1 Å². The average Bonchev–Trinajstić information content (AvgIpc) is 2.88. The molecule has 0 saturated heterocycles. The van der Waals surface area contributed by atoms with Crippen molar-refractivity contribution in [1.82, 2.24) is 16.0 Å². The van der Waals surface area contributed by atoms with Gasteiger partial charge in [-0.3, -0.25) is 19.2 Å². The molecule has 0 saturated carbocycles. The van der Waals surface area contributed by atoms with Crippen molar-refractivity contribution in [3.8, 4) is 5.75 Å². The van der Waals surface area contributed by atoms with Crippen molar-refractivity contribution < 1.29 is 44.4 Å². The number of aliphatic carboxylic acids is 2. The zero-order valence-electron chi connectivity index (χ0n) is 20.2. The quantitative estimate of drug-likeness (QED) is 0.141. The van der Waals surface area contributed by atoms with Gasteiger partial charge in [-0.1, -0.05) is 42.5 Å². The molecule has 0 aliphatic heterocycles. The van der Waals surface area contributed by atoms with Crippen molar-refractivity contribution in [1.29, 1.82) is 0 Å². The molecule has 2 rings (SSSR count). The summed E-state index contributed by atoms with van der Waals surface area (Å²) in [6.07, 6.45) is -1.05. The number of carboxylic acids is 2. The molecule has 204 valence electrons. The molecule has 0 aliphatic rings. The van der Waals surface area contributed by atoms with Gasteiger partial charge in [0, 0.05) is 12.8 Å². The van der Waals surface area contributed by atoms with Gasteiger partial charge in [-0.15, -0.1) is 0 Å². The zero-order chi connectivity index (χ0) is 28.2. The van der Waals surface area contributed by atoms with Crippen molar-refractivity contribution in [2.75, 3.05) is 6.61 Å². The topological polar surface area (TPSA) is 228 Å². The molecular weight excluding hydrogens is 500 g/mol. The molecule has 13 nitrogen and oxygen atoms in total. The van der Waals surface area contributed by atoms with Crippen LogP contribution in [0.15, 0.2) is 54.6 Å². The summed E-state index contributed by atoms with van der Waals surface area (Å²) in [5, 5.41) is 44.3. The fourth-order valence-electron chi connectivity index (χ4n) is 3.42. The van der Waals surface area contributed by atoms with Crippen molar-refractivity contribution in [2.45, 2.75) is 43.4 Å². The third-order valence-electron chi connectivity index (χ3n) is 5.45. The van der Waals surface area contributed by atoms with Crippen LogP contribution in [0.2, 0.25) is 0 Å². The maximum absolute atomic E-state index is 13.2. The van der Waals surface area contributed by atoms with Crippen molar-refractivity contribution in [2.24, 2.45) is 5.73 Å². The summed E-state index contributed by atoms with van der Waals surface area (Å²) in [5.41, 5.74) is 6.55. The van der Waals surface area contributed by atoms with Crippen LogP contribution in [-0.2, 0) is 36.8 Å². The highest BCUT2D eigenvalue weighted by molar-refractivity contribution is 5.95. The number of carbonyl (C=O) groups excluding carboxylic acids is 3. The van der Waals surface area contributed by atoms with Crippen LogP contribution >= 0.6 is 0 Å². The van der Waals surface area contributed by atoms with E-state index in [0.717, 1.165) is 0 Å². The number of nitrogens with two attached hydrogens (primary N) is 1. The van der Waals surface area contributed by atoms with Gasteiger partial charge >= 0.3 is 11.9 Å². The van der Waals surface area contributed by atoms with E-state index in [4.69, 9.17) is 10.8 Å². The Morgan fingerprint density at radius 2 is 1.21 bits per heavy atom. The predicted octanol–water partition coefficient (Wildman–Crippen LogP) is -1.49. The van der Waals surface area contributed by atoms with E-state index >= 15 is 0 Å². The van der Waals surface area contributed by atoms with Gasteiger partial charge in [0.1, 0.15) is 29.9 Å². The Balaban J connectivity index is 2.27. The molecule has 0 aromatic heterocycles. The summed E-state index contributed by atoms with van der Waals surface area (Å²) in [4.78, 5) is 61.4. The lowest BCUT2D eigenvalue weighted by Gasteiger charge is -2.24. The molecule has 2 aromatic carbocycles. The highest BCUT2D eigenvalue weighted by atomic mass is 16.4. The minimum absolute atomic E-state index is 0.0431. The Labute approximate surface area is 217 Å². The molecule has 3 amide bonds. The molecule has 4 unspecified atom stereocenters. The molecule has 38 heavy (non-hydrogen) atoms. The van der Waals surface area contributed by atoms with E-state index in [1.807, 2.05) is 0 Å². The number of aliphatic hydroxyl groups excluding tert-OH is 1. The third kappa shape index (κ3) is 9.52. The predicted molar refractivity (Wildman–Crippen MR) is 133 cm³/mol. The van der Waals surface area contributed by atoms with Crippen LogP contribution in [0.25, 0.3) is 0 Å². The van der Waals surface area contributed by atoms with Gasteiger partial charge in [-0.25, -0.2) is 4.79 Å². The van der Waals surface area contributed by atoms with Crippen LogP contribution in [0.4, 0.5) is 0 Å². The van der Waals surface area contributed by atoms with Crippen LogP contribution in [0.3, 0.4) is 0 Å². The highest BCUT2D eigenvalue weighted by Crippen LogP contribution is 2.12. The lowest BCUT2D eigenvalue weighted by Crippen LogP contribution is -2.58. The van der Waals surface area contributed by atoms with E-state index in [0.29, 0.717) is 11.1 Å². The van der Waals surface area contributed by atoms with E-state index in [-0.39, 0.29) is 18.6 Å². The SMILES string of the molecule is NC(CO)C(=O)NC(CC(=O)O)C(=O)NC(Cc1ccc(O)cc1)C(=O)NC(Cc1ccccc1)C(=O)O. The van der Waals surface area contributed by atoms with E-state index in [1.165, 1.54) is 24.3 Å². The van der Waals surface area contributed by atoms with Crippen LogP contribution in [-0.4, -0.2) is 80.9 Å². The fourth-order valence-corrected chi connectivity index (χ4v) is 3.42. The molecular formula is C25H30N4O9. The first-order valence-electron chi connectivity index (χ1n) is 11.5. The Morgan fingerprint density at radius 1 is 0.711 bits per heavy atom. The second kappa shape index (κ2) is 14.3. The zero-order valence-corrected chi connectivity index (χ0v) is 20.2. The van der Waals surface area contributed by atoms with Gasteiger partial charge in [-0.2, -0.15) is 0 Å². The minimum Gasteiger partial charge on any atom is -0.508 e. The van der Waals surface area contributed by atoms with Crippen molar-refractivity contribution in [3.05, 3.63) is 65.7 Å². The van der Waals surface area contributed by atoms with Crippen molar-refractivity contribution >= 4 is 29.7 Å². The summed E-state index contributed by atoms with van der Waals surface area (Å²) in [7, 11) is 0. The molecule has 0 bridgehead atoms. The molecule has 0 spiro atoms. The largest absolute Gasteiger partial charge is 0.508 e. The maximum Gasteiger partial charge on any atom is 0.326 e. The second-order valence-corrected chi connectivity index (χ2v) is 8.47. The number of benzene rings is 2. The number of carboxylic acid groups (broad SMARTS) is 2. The molecule has 13 heteroatoms. The number of carbonyl (C=O) groups is 5. The lowest BCUT2D eigenvalue weighted by atomic mass is 10.0. The number of nitrogens with one attached hydrogen (secondary N) is 3. The van der Waals surface area contributed by atoms with Gasteiger partial charge in [0.25, 0.3) is 0 Å². The number of hydrogen-bond donors (Lipinski definition) is 8. The molecule has 0 heterocycles. The summed E-state index contributed by atoms with van der Waals surface area (Å²) >= 11 is 0. The monoisotopic (exact) mass is 530 g/mol. The number of rotatable bonds is 14. The Hall–Kier alpha value is -4.49. The Kier molecular flexibility index (Phi) is 11.2. The molecule has 9 N–H and O–H groups in total. The average molecular weight is 531 g/mol. The van der Waals surface area contributed by atoms with E-state index < -0.39 is 66.9 Å². The number of amides is 3. The second-order valence-electron chi connectivity index (χ2n) is 8.47. The summed E-state index contributed by atoms with van der Waals surface area (Å²) in [6.45, 7) is -0.753.